The predicted molar refractivity (Wildman–Crippen MR) is 58.3 cm³/mol. The van der Waals surface area contributed by atoms with Crippen molar-refractivity contribution >= 4 is 33.4 Å². The Balaban J connectivity index is 2.82. The molecule has 1 heterocycles. The minimum atomic E-state index is -0.694. The van der Waals surface area contributed by atoms with Crippen LogP contribution in [0.25, 0.3) is 10.1 Å². The quantitative estimate of drug-likeness (QED) is 0.683. The van der Waals surface area contributed by atoms with Crippen LogP contribution in [-0.2, 0) is 4.74 Å². The van der Waals surface area contributed by atoms with Gasteiger partial charge in [0.2, 0.25) is 0 Å². The maximum atomic E-state index is 11.7. The van der Waals surface area contributed by atoms with Gasteiger partial charge in [-0.15, -0.1) is 0 Å². The molecular formula is C9H8N2O3S. The monoisotopic (exact) mass is 224 g/mol. The Hall–Kier alpha value is -1.82. The van der Waals surface area contributed by atoms with Crippen LogP contribution < -0.4 is 11.3 Å². The van der Waals surface area contributed by atoms with Crippen LogP contribution in [0.4, 0.5) is 10.5 Å². The van der Waals surface area contributed by atoms with Gasteiger partial charge in [-0.1, -0.05) is 6.07 Å². The highest BCUT2D eigenvalue weighted by Gasteiger charge is 2.15. The van der Waals surface area contributed by atoms with Gasteiger partial charge in [0.15, 0.2) is 0 Å². The molecule has 0 saturated heterocycles. The van der Waals surface area contributed by atoms with E-state index in [1.54, 1.807) is 18.2 Å². The fourth-order valence-electron chi connectivity index (χ4n) is 1.30. The second-order valence-corrected chi connectivity index (χ2v) is 3.87. The molecule has 0 aliphatic carbocycles. The summed E-state index contributed by atoms with van der Waals surface area (Å²) < 4.78 is 6.10. The molecule has 0 aliphatic heterocycles. The van der Waals surface area contributed by atoms with Crippen LogP contribution in [0.5, 0.6) is 0 Å². The van der Waals surface area contributed by atoms with Crippen LogP contribution in [-0.4, -0.2) is 17.2 Å². The van der Waals surface area contributed by atoms with Crippen molar-refractivity contribution in [3.05, 3.63) is 28.6 Å². The zero-order valence-electron chi connectivity index (χ0n) is 7.89. The van der Waals surface area contributed by atoms with E-state index < -0.39 is 11.7 Å². The van der Waals surface area contributed by atoms with Gasteiger partial charge in [0.25, 0.3) is 5.56 Å². The summed E-state index contributed by atoms with van der Waals surface area (Å²) in [5, 5.41) is 0.368. The summed E-state index contributed by atoms with van der Waals surface area (Å²) in [5.74, 6) is 0. The highest BCUT2D eigenvalue weighted by Crippen LogP contribution is 2.21. The molecule has 15 heavy (non-hydrogen) atoms. The lowest BCUT2D eigenvalue weighted by Gasteiger charge is -1.93. The smallest absolute Gasteiger partial charge is 0.430 e. The lowest BCUT2D eigenvalue weighted by atomic mass is 10.2. The number of carbonyl (C=O) groups is 1. The molecule has 78 valence electrons. The lowest BCUT2D eigenvalue weighted by molar-refractivity contribution is 0.175. The molecule has 2 rings (SSSR count). The first-order chi connectivity index (χ1) is 7.15. The molecule has 0 bridgehead atoms. The Morgan fingerprint density at radius 1 is 1.53 bits per heavy atom. The van der Waals surface area contributed by atoms with E-state index in [0.29, 0.717) is 15.8 Å². The number of benzene rings is 1. The third kappa shape index (κ3) is 1.39. The minimum Gasteiger partial charge on any atom is -0.452 e. The van der Waals surface area contributed by atoms with Crippen LogP contribution >= 0.6 is 11.5 Å². The molecule has 1 aromatic carbocycles. The molecule has 5 nitrogen and oxygen atoms in total. The number of methoxy groups -OCH3 is 1. The summed E-state index contributed by atoms with van der Waals surface area (Å²) in [6, 6.07) is 5.09. The molecule has 0 aliphatic rings. The molecule has 6 heteroatoms. The molecular weight excluding hydrogens is 216 g/mol. The van der Waals surface area contributed by atoms with Gasteiger partial charge in [-0.05, 0) is 23.7 Å². The van der Waals surface area contributed by atoms with E-state index in [1.807, 2.05) is 0 Å². The van der Waals surface area contributed by atoms with Crippen molar-refractivity contribution in [2.24, 2.45) is 0 Å². The number of fused-ring (bicyclic) bond motifs is 1. The Labute approximate surface area is 88.8 Å². The summed E-state index contributed by atoms with van der Waals surface area (Å²) in [4.78, 5) is 23.0. The van der Waals surface area contributed by atoms with Crippen molar-refractivity contribution in [2.75, 3.05) is 12.8 Å². The Morgan fingerprint density at radius 2 is 2.27 bits per heavy atom. The van der Waals surface area contributed by atoms with Crippen LogP contribution in [0, 0.1) is 0 Å². The van der Waals surface area contributed by atoms with Gasteiger partial charge >= 0.3 is 6.09 Å². The van der Waals surface area contributed by atoms with E-state index >= 15 is 0 Å². The first-order valence-corrected chi connectivity index (χ1v) is 4.91. The van der Waals surface area contributed by atoms with Gasteiger partial charge in [-0.2, -0.15) is 3.96 Å². The third-order valence-electron chi connectivity index (χ3n) is 1.99. The fourth-order valence-corrected chi connectivity index (χ4v) is 2.25. The number of rotatable bonds is 0. The summed E-state index contributed by atoms with van der Waals surface area (Å²) in [7, 11) is 1.22. The average molecular weight is 224 g/mol. The second kappa shape index (κ2) is 3.39. The maximum absolute atomic E-state index is 11.7. The third-order valence-corrected chi connectivity index (χ3v) is 3.02. The van der Waals surface area contributed by atoms with Gasteiger partial charge in [0.1, 0.15) is 0 Å². The molecule has 0 amide bonds. The van der Waals surface area contributed by atoms with E-state index in [0.717, 1.165) is 15.5 Å². The van der Waals surface area contributed by atoms with E-state index in [2.05, 4.69) is 4.74 Å². The van der Waals surface area contributed by atoms with Crippen molar-refractivity contribution in [2.45, 2.75) is 0 Å². The first kappa shape index (κ1) is 9.72. The zero-order valence-corrected chi connectivity index (χ0v) is 8.71. The Morgan fingerprint density at radius 3 is 2.87 bits per heavy atom. The van der Waals surface area contributed by atoms with Crippen LogP contribution in [0.2, 0.25) is 0 Å². The van der Waals surface area contributed by atoms with E-state index in [4.69, 9.17) is 5.73 Å². The summed E-state index contributed by atoms with van der Waals surface area (Å²) in [6.07, 6.45) is -0.694. The molecule has 0 unspecified atom stereocenters. The molecule has 2 N–H and O–H groups in total. The van der Waals surface area contributed by atoms with Gasteiger partial charge < -0.3 is 10.5 Å². The second-order valence-electron chi connectivity index (χ2n) is 2.88. The Kier molecular flexibility index (Phi) is 2.20. The van der Waals surface area contributed by atoms with Gasteiger partial charge in [0.05, 0.1) is 17.2 Å². The number of anilines is 1. The average Bonchev–Trinajstić information content (AvgIpc) is 2.56. The highest BCUT2D eigenvalue weighted by molar-refractivity contribution is 7.14. The van der Waals surface area contributed by atoms with Crippen molar-refractivity contribution in [1.29, 1.82) is 0 Å². The van der Waals surface area contributed by atoms with E-state index in [9.17, 15) is 9.59 Å². The number of hydrogen-bond donors (Lipinski definition) is 1. The van der Waals surface area contributed by atoms with E-state index in [-0.39, 0.29) is 0 Å². The molecule has 0 saturated carbocycles. The first-order valence-electron chi connectivity index (χ1n) is 4.14. The Bertz CT molecular complexity index is 585. The lowest BCUT2D eigenvalue weighted by Crippen LogP contribution is -2.21. The molecule has 2 aromatic rings. The van der Waals surface area contributed by atoms with Crippen LogP contribution in [0.1, 0.15) is 0 Å². The van der Waals surface area contributed by atoms with Crippen molar-refractivity contribution in [1.82, 2.24) is 3.96 Å². The standard InChI is InChI=1S/C9H8N2O3S/c1-14-9(13)11-8(12)7-5(10)3-2-4-6(7)15-11/h2-4H,10H2,1H3. The summed E-state index contributed by atoms with van der Waals surface area (Å²) in [5.41, 5.74) is 5.59. The van der Waals surface area contributed by atoms with Gasteiger partial charge in [0, 0.05) is 5.69 Å². The van der Waals surface area contributed by atoms with Crippen LogP contribution in [0.15, 0.2) is 23.0 Å². The molecule has 0 spiro atoms. The van der Waals surface area contributed by atoms with Crippen molar-refractivity contribution < 1.29 is 9.53 Å². The summed E-state index contributed by atoms with van der Waals surface area (Å²) >= 11 is 1.02. The number of nitrogens with zero attached hydrogens (tertiary/aromatic N) is 1. The fraction of sp³-hybridized carbons (Fsp3) is 0.111. The zero-order chi connectivity index (χ0) is 11.0. The SMILES string of the molecule is COC(=O)n1sc2cccc(N)c2c1=O. The van der Waals surface area contributed by atoms with Gasteiger partial charge in [-0.3, -0.25) is 4.79 Å². The van der Waals surface area contributed by atoms with Crippen molar-refractivity contribution in [3.63, 3.8) is 0 Å². The molecule has 0 fully saturated rings. The number of nitrogens with two attached hydrogens (primary N) is 1. The highest BCUT2D eigenvalue weighted by atomic mass is 32.1. The largest absolute Gasteiger partial charge is 0.452 e. The molecule has 0 atom stereocenters. The summed E-state index contributed by atoms with van der Waals surface area (Å²) in [6.45, 7) is 0. The molecule has 0 radical (unpaired) electrons. The number of ether oxygens (including phenoxy) is 1. The topological polar surface area (TPSA) is 74.3 Å². The molecule has 1 aromatic heterocycles. The minimum absolute atomic E-state index is 0.368. The number of hydrogen-bond acceptors (Lipinski definition) is 5. The normalized spacial score (nSPS) is 10.5. The number of nitrogen functional groups attached to an aromatic ring is 1. The van der Waals surface area contributed by atoms with Crippen molar-refractivity contribution in [3.8, 4) is 0 Å². The van der Waals surface area contributed by atoms with Crippen LogP contribution in [0.3, 0.4) is 0 Å². The number of carbonyl (C=O) groups excluding carboxylic acids is 1. The number of aromatic nitrogens is 1. The predicted octanol–water partition coefficient (Wildman–Crippen LogP) is 1.26. The van der Waals surface area contributed by atoms with Gasteiger partial charge in [-0.25, -0.2) is 4.79 Å². The van der Waals surface area contributed by atoms with E-state index in [1.165, 1.54) is 7.11 Å². The maximum Gasteiger partial charge on any atom is 0.430 e.